The summed E-state index contributed by atoms with van der Waals surface area (Å²) in [4.78, 5) is 27.9. The topological polar surface area (TPSA) is 80.0 Å². The number of hydrogen-bond acceptors (Lipinski definition) is 5. The number of ketones is 1. The Kier molecular flexibility index (Phi) is 6.09. The predicted molar refractivity (Wildman–Crippen MR) is 131 cm³/mol. The fraction of sp³-hybridized carbons (Fsp3) is 0.286. The monoisotopic (exact) mass is 459 g/mol. The highest BCUT2D eigenvalue weighted by Gasteiger charge is 2.48. The maximum atomic E-state index is 13.3. The molecule has 3 aromatic rings. The normalized spacial score (nSPS) is 17.6. The maximum Gasteiger partial charge on any atom is 0.300 e. The molecule has 0 radical (unpaired) electrons. The average Bonchev–Trinajstić information content (AvgIpc) is 3.32. The van der Waals surface area contributed by atoms with Crippen LogP contribution in [0.2, 0.25) is 0 Å². The van der Waals surface area contributed by atoms with Gasteiger partial charge in [0.2, 0.25) is 0 Å². The summed E-state index contributed by atoms with van der Waals surface area (Å²) in [5.41, 5.74) is 3.87. The van der Waals surface area contributed by atoms with Gasteiger partial charge in [-0.3, -0.25) is 14.5 Å². The number of aliphatic hydroxyl groups is 1. The summed E-state index contributed by atoms with van der Waals surface area (Å²) >= 11 is 0. The largest absolute Gasteiger partial charge is 0.507 e. The smallest absolute Gasteiger partial charge is 0.300 e. The van der Waals surface area contributed by atoms with Crippen LogP contribution in [0, 0.1) is 27.7 Å². The van der Waals surface area contributed by atoms with Crippen LogP contribution in [0.25, 0.3) is 5.76 Å². The van der Waals surface area contributed by atoms with Gasteiger partial charge < -0.3 is 14.3 Å². The molecule has 1 saturated heterocycles. The second kappa shape index (κ2) is 8.86. The van der Waals surface area contributed by atoms with E-state index in [9.17, 15) is 14.7 Å². The number of rotatable bonds is 5. The van der Waals surface area contributed by atoms with Gasteiger partial charge in [-0.25, -0.2) is 0 Å². The molecule has 1 aliphatic rings. The van der Waals surface area contributed by atoms with Crippen molar-refractivity contribution in [3.05, 3.63) is 87.9 Å². The molecule has 1 N–H and O–H groups in total. The van der Waals surface area contributed by atoms with Crippen LogP contribution >= 0.6 is 0 Å². The Bertz CT molecular complexity index is 1310. The summed E-state index contributed by atoms with van der Waals surface area (Å²) in [5, 5.41) is 11.3. The van der Waals surface area contributed by atoms with E-state index in [-0.39, 0.29) is 17.4 Å². The van der Waals surface area contributed by atoms with E-state index in [1.807, 2.05) is 46.8 Å². The molecule has 6 heteroatoms. The number of anilines is 1. The first-order valence-electron chi connectivity index (χ1n) is 11.3. The Morgan fingerprint density at radius 2 is 1.68 bits per heavy atom. The van der Waals surface area contributed by atoms with E-state index in [2.05, 4.69) is 0 Å². The van der Waals surface area contributed by atoms with Crippen molar-refractivity contribution in [2.45, 2.75) is 53.7 Å². The quantitative estimate of drug-likeness (QED) is 0.291. The molecule has 0 aliphatic carbocycles. The molecular formula is C28H29NO5. The van der Waals surface area contributed by atoms with Crippen LogP contribution in [0.15, 0.2) is 58.5 Å². The number of hydrogen-bond donors (Lipinski definition) is 1. The minimum absolute atomic E-state index is 0.00336. The van der Waals surface area contributed by atoms with E-state index in [4.69, 9.17) is 9.15 Å². The van der Waals surface area contributed by atoms with Crippen molar-refractivity contribution in [3.8, 4) is 5.75 Å². The lowest BCUT2D eigenvalue weighted by molar-refractivity contribution is -0.132. The molecule has 1 fully saturated rings. The molecule has 6 nitrogen and oxygen atoms in total. The highest BCUT2D eigenvalue weighted by Crippen LogP contribution is 2.43. The van der Waals surface area contributed by atoms with E-state index in [1.165, 1.54) is 4.90 Å². The van der Waals surface area contributed by atoms with Crippen molar-refractivity contribution < 1.29 is 23.8 Å². The highest BCUT2D eigenvalue weighted by molar-refractivity contribution is 6.51. The van der Waals surface area contributed by atoms with Gasteiger partial charge in [0.15, 0.2) is 0 Å². The van der Waals surface area contributed by atoms with E-state index < -0.39 is 17.7 Å². The first-order chi connectivity index (χ1) is 16.1. The average molecular weight is 460 g/mol. The Hall–Kier alpha value is -3.80. The molecule has 1 aliphatic heterocycles. The van der Waals surface area contributed by atoms with Crippen LogP contribution in [0.4, 0.5) is 5.69 Å². The number of benzene rings is 2. The van der Waals surface area contributed by atoms with E-state index in [0.717, 1.165) is 16.7 Å². The number of aliphatic hydroxyl groups excluding tert-OH is 1. The summed E-state index contributed by atoms with van der Waals surface area (Å²) in [7, 11) is 0. The lowest BCUT2D eigenvalue weighted by Gasteiger charge is -2.24. The summed E-state index contributed by atoms with van der Waals surface area (Å²) < 4.78 is 11.7. The summed E-state index contributed by atoms with van der Waals surface area (Å²) in [6.45, 7) is 11.5. The third kappa shape index (κ3) is 4.12. The number of furan rings is 1. The molecule has 2 aromatic carbocycles. The minimum atomic E-state index is -0.886. The van der Waals surface area contributed by atoms with E-state index in [1.54, 1.807) is 43.3 Å². The summed E-state index contributed by atoms with van der Waals surface area (Å²) in [5.74, 6) is 0.0400. The molecule has 1 amide bonds. The van der Waals surface area contributed by atoms with Gasteiger partial charge in [-0.1, -0.05) is 6.07 Å². The number of nitrogens with zero attached hydrogens (tertiary/aromatic N) is 1. The Morgan fingerprint density at radius 1 is 0.941 bits per heavy atom. The molecule has 1 atom stereocenters. The molecule has 34 heavy (non-hydrogen) atoms. The Balaban J connectivity index is 1.88. The zero-order valence-electron chi connectivity index (χ0n) is 20.3. The predicted octanol–water partition coefficient (Wildman–Crippen LogP) is 5.93. The third-order valence-electron chi connectivity index (χ3n) is 6.05. The van der Waals surface area contributed by atoms with Gasteiger partial charge in [-0.05, 0) is 101 Å². The van der Waals surface area contributed by atoms with Crippen molar-refractivity contribution in [2.75, 3.05) is 4.90 Å². The van der Waals surface area contributed by atoms with Crippen molar-refractivity contribution in [1.82, 2.24) is 0 Å². The lowest BCUT2D eigenvalue weighted by atomic mass is 9.98. The number of amides is 1. The van der Waals surface area contributed by atoms with Gasteiger partial charge in [0.1, 0.15) is 29.1 Å². The van der Waals surface area contributed by atoms with Crippen molar-refractivity contribution in [2.24, 2.45) is 0 Å². The lowest BCUT2D eigenvalue weighted by Crippen LogP contribution is -2.29. The fourth-order valence-corrected chi connectivity index (χ4v) is 4.18. The van der Waals surface area contributed by atoms with Gasteiger partial charge in [0.25, 0.3) is 11.7 Å². The van der Waals surface area contributed by atoms with Crippen molar-refractivity contribution in [3.63, 3.8) is 0 Å². The zero-order valence-corrected chi connectivity index (χ0v) is 20.3. The number of ether oxygens (including phenoxy) is 1. The molecule has 0 saturated carbocycles. The summed E-state index contributed by atoms with van der Waals surface area (Å²) in [6, 6.07) is 13.4. The van der Waals surface area contributed by atoms with Crippen LogP contribution in [0.3, 0.4) is 0 Å². The fourth-order valence-electron chi connectivity index (χ4n) is 4.18. The Morgan fingerprint density at radius 3 is 2.26 bits per heavy atom. The standard InChI is InChI=1S/C28H29NO5/c1-15(2)33-22-12-9-20(13-18(22)5)26(30)24-25(23-11-8-19(6)34-23)29(28(32)27(24)31)21-10-7-16(3)17(4)14-21/h7-15,25,30H,1-6H3/b26-24-. The second-order valence-electron chi connectivity index (χ2n) is 9.03. The molecular weight excluding hydrogens is 430 g/mol. The van der Waals surface area contributed by atoms with Gasteiger partial charge in [0, 0.05) is 11.3 Å². The summed E-state index contributed by atoms with van der Waals surface area (Å²) in [6.07, 6.45) is 0.00336. The first kappa shape index (κ1) is 23.4. The van der Waals surface area contributed by atoms with Gasteiger partial charge in [-0.15, -0.1) is 0 Å². The van der Waals surface area contributed by atoms with E-state index >= 15 is 0 Å². The SMILES string of the molecule is Cc1ccc(C2/C(=C(/O)c3ccc(OC(C)C)c(C)c3)C(=O)C(=O)N2c2ccc(C)c(C)c2)o1. The number of Topliss-reactive ketones (excluding diaryl/α,β-unsaturated/α-hetero) is 1. The molecule has 0 bridgehead atoms. The Labute approximate surface area is 199 Å². The minimum Gasteiger partial charge on any atom is -0.507 e. The molecule has 4 rings (SSSR count). The second-order valence-corrected chi connectivity index (χ2v) is 9.03. The van der Waals surface area contributed by atoms with Gasteiger partial charge >= 0.3 is 0 Å². The number of aryl methyl sites for hydroxylation is 4. The number of carbonyl (C=O) groups excluding carboxylic acids is 2. The van der Waals surface area contributed by atoms with E-state index in [0.29, 0.717) is 28.5 Å². The van der Waals surface area contributed by atoms with Crippen molar-refractivity contribution >= 4 is 23.1 Å². The molecule has 176 valence electrons. The highest BCUT2D eigenvalue weighted by atomic mass is 16.5. The number of carbonyl (C=O) groups is 2. The van der Waals surface area contributed by atoms with Crippen LogP contribution in [-0.2, 0) is 9.59 Å². The van der Waals surface area contributed by atoms with Crippen molar-refractivity contribution in [1.29, 1.82) is 0 Å². The maximum absolute atomic E-state index is 13.3. The zero-order chi connectivity index (χ0) is 24.7. The van der Waals surface area contributed by atoms with Gasteiger partial charge in [0.05, 0.1) is 11.7 Å². The van der Waals surface area contributed by atoms with Crippen LogP contribution in [0.5, 0.6) is 5.75 Å². The van der Waals surface area contributed by atoms with Crippen LogP contribution in [0.1, 0.15) is 53.7 Å². The van der Waals surface area contributed by atoms with Gasteiger partial charge in [-0.2, -0.15) is 0 Å². The van der Waals surface area contributed by atoms with Crippen LogP contribution in [-0.4, -0.2) is 22.9 Å². The first-order valence-corrected chi connectivity index (χ1v) is 11.3. The van der Waals surface area contributed by atoms with Crippen LogP contribution < -0.4 is 9.64 Å². The third-order valence-corrected chi connectivity index (χ3v) is 6.05. The molecule has 1 unspecified atom stereocenters. The molecule has 0 spiro atoms. The molecule has 2 heterocycles. The molecule has 1 aromatic heterocycles.